The van der Waals surface area contributed by atoms with Gasteiger partial charge in [0.25, 0.3) is 0 Å². The minimum absolute atomic E-state index is 0.381. The molecule has 1 aromatic heterocycles. The predicted octanol–water partition coefficient (Wildman–Crippen LogP) is 2.24. The van der Waals surface area contributed by atoms with Crippen LogP contribution in [0.1, 0.15) is 12.5 Å². The maximum atomic E-state index is 10.6. The summed E-state index contributed by atoms with van der Waals surface area (Å²) in [6, 6.07) is 7.80. The topological polar surface area (TPSA) is 62.5 Å². The third-order valence-electron chi connectivity index (χ3n) is 2.75. The van der Waals surface area contributed by atoms with Crippen molar-refractivity contribution in [2.24, 2.45) is 5.92 Å². The lowest BCUT2D eigenvalue weighted by molar-refractivity contribution is -0.140. The Bertz CT molecular complexity index is 518. The van der Waals surface area contributed by atoms with Gasteiger partial charge in [-0.15, -0.1) is 0 Å². The minimum Gasteiger partial charge on any atom is -0.481 e. The molecule has 4 heteroatoms. The summed E-state index contributed by atoms with van der Waals surface area (Å²) in [5.41, 5.74) is 1.91. The SMILES string of the molecule is CC(CNCc1coc2ccccc12)C(=O)O. The van der Waals surface area contributed by atoms with E-state index in [0.29, 0.717) is 13.1 Å². The van der Waals surface area contributed by atoms with Gasteiger partial charge in [-0.05, 0) is 6.07 Å². The number of carboxylic acids is 1. The lowest BCUT2D eigenvalue weighted by atomic mass is 10.1. The monoisotopic (exact) mass is 233 g/mol. The zero-order valence-electron chi connectivity index (χ0n) is 9.64. The molecule has 1 atom stereocenters. The molecular formula is C13H15NO3. The third-order valence-corrected chi connectivity index (χ3v) is 2.75. The summed E-state index contributed by atoms with van der Waals surface area (Å²) in [6.07, 6.45) is 1.71. The lowest BCUT2D eigenvalue weighted by Gasteiger charge is -2.06. The summed E-state index contributed by atoms with van der Waals surface area (Å²) in [5.74, 6) is -1.16. The van der Waals surface area contributed by atoms with Gasteiger partial charge in [0.2, 0.25) is 0 Å². The quantitative estimate of drug-likeness (QED) is 0.831. The van der Waals surface area contributed by atoms with Crippen molar-refractivity contribution in [3.8, 4) is 0 Å². The summed E-state index contributed by atoms with van der Waals surface area (Å²) in [6.45, 7) is 2.76. The first-order valence-electron chi connectivity index (χ1n) is 5.57. The Morgan fingerprint density at radius 2 is 2.24 bits per heavy atom. The number of aliphatic carboxylic acids is 1. The minimum atomic E-state index is -0.783. The number of hydrogen-bond donors (Lipinski definition) is 2. The molecule has 1 heterocycles. The second-order valence-corrected chi connectivity index (χ2v) is 4.13. The van der Waals surface area contributed by atoms with Gasteiger partial charge in [0.1, 0.15) is 5.58 Å². The van der Waals surface area contributed by atoms with Gasteiger partial charge < -0.3 is 14.8 Å². The first-order chi connectivity index (χ1) is 8.18. The van der Waals surface area contributed by atoms with Gasteiger partial charge in [0.15, 0.2) is 0 Å². The third kappa shape index (κ3) is 2.65. The number of fused-ring (bicyclic) bond motifs is 1. The van der Waals surface area contributed by atoms with Crippen molar-refractivity contribution in [2.45, 2.75) is 13.5 Å². The van der Waals surface area contributed by atoms with Crippen molar-refractivity contribution in [3.05, 3.63) is 36.1 Å². The van der Waals surface area contributed by atoms with Crippen LogP contribution >= 0.6 is 0 Å². The molecular weight excluding hydrogens is 218 g/mol. The van der Waals surface area contributed by atoms with Crippen molar-refractivity contribution in [1.29, 1.82) is 0 Å². The summed E-state index contributed by atoms with van der Waals surface area (Å²) in [7, 11) is 0. The number of rotatable bonds is 5. The molecule has 0 saturated carbocycles. The number of carboxylic acid groups (broad SMARTS) is 1. The molecule has 4 nitrogen and oxygen atoms in total. The lowest BCUT2D eigenvalue weighted by Crippen LogP contribution is -2.25. The molecule has 2 aromatic rings. The Kier molecular flexibility index (Phi) is 3.44. The van der Waals surface area contributed by atoms with E-state index in [2.05, 4.69) is 5.32 Å². The van der Waals surface area contributed by atoms with E-state index in [1.807, 2.05) is 24.3 Å². The molecule has 0 amide bonds. The molecule has 0 aliphatic heterocycles. The smallest absolute Gasteiger partial charge is 0.307 e. The highest BCUT2D eigenvalue weighted by atomic mass is 16.4. The Morgan fingerprint density at radius 3 is 3.00 bits per heavy atom. The van der Waals surface area contributed by atoms with Crippen LogP contribution in [-0.4, -0.2) is 17.6 Å². The molecule has 0 bridgehead atoms. The summed E-state index contributed by atoms with van der Waals surface area (Å²) < 4.78 is 5.40. The van der Waals surface area contributed by atoms with E-state index in [-0.39, 0.29) is 5.92 Å². The molecule has 0 fully saturated rings. The van der Waals surface area contributed by atoms with Crippen LogP contribution in [0.4, 0.5) is 0 Å². The average molecular weight is 233 g/mol. The summed E-state index contributed by atoms with van der Waals surface area (Å²) in [5, 5.41) is 12.9. The first kappa shape index (κ1) is 11.7. The molecule has 1 aromatic carbocycles. The zero-order valence-corrected chi connectivity index (χ0v) is 9.64. The molecule has 0 spiro atoms. The zero-order chi connectivity index (χ0) is 12.3. The number of carbonyl (C=O) groups is 1. The van der Waals surface area contributed by atoms with Gasteiger partial charge in [-0.2, -0.15) is 0 Å². The number of hydrogen-bond acceptors (Lipinski definition) is 3. The maximum Gasteiger partial charge on any atom is 0.307 e. The van der Waals surface area contributed by atoms with E-state index in [1.54, 1.807) is 13.2 Å². The van der Waals surface area contributed by atoms with E-state index in [4.69, 9.17) is 9.52 Å². The van der Waals surface area contributed by atoms with Crippen LogP contribution in [0, 0.1) is 5.92 Å². The number of nitrogens with one attached hydrogen (secondary N) is 1. The molecule has 2 rings (SSSR count). The average Bonchev–Trinajstić information content (AvgIpc) is 2.72. The standard InChI is InChI=1S/C13H15NO3/c1-9(13(15)16)6-14-7-10-8-17-12-5-3-2-4-11(10)12/h2-5,8-9,14H,6-7H2,1H3,(H,15,16). The van der Waals surface area contributed by atoms with Gasteiger partial charge >= 0.3 is 5.97 Å². The summed E-state index contributed by atoms with van der Waals surface area (Å²) >= 11 is 0. The Balaban J connectivity index is 1.98. The highest BCUT2D eigenvalue weighted by molar-refractivity contribution is 5.80. The van der Waals surface area contributed by atoms with E-state index >= 15 is 0 Å². The van der Waals surface area contributed by atoms with Gasteiger partial charge in [-0.25, -0.2) is 0 Å². The number of benzene rings is 1. The van der Waals surface area contributed by atoms with E-state index < -0.39 is 5.97 Å². The van der Waals surface area contributed by atoms with Crippen LogP contribution < -0.4 is 5.32 Å². The Morgan fingerprint density at radius 1 is 1.47 bits per heavy atom. The predicted molar refractivity (Wildman–Crippen MR) is 64.7 cm³/mol. The van der Waals surface area contributed by atoms with Crippen molar-refractivity contribution in [2.75, 3.05) is 6.54 Å². The normalized spacial score (nSPS) is 12.8. The Labute approximate surface area is 99.2 Å². The first-order valence-corrected chi connectivity index (χ1v) is 5.57. The highest BCUT2D eigenvalue weighted by Crippen LogP contribution is 2.20. The van der Waals surface area contributed by atoms with Gasteiger partial charge in [0.05, 0.1) is 12.2 Å². The van der Waals surface area contributed by atoms with Gasteiger partial charge in [0, 0.05) is 24.0 Å². The Hall–Kier alpha value is -1.81. The van der Waals surface area contributed by atoms with Crippen LogP contribution in [-0.2, 0) is 11.3 Å². The fraction of sp³-hybridized carbons (Fsp3) is 0.308. The molecule has 0 aliphatic rings. The van der Waals surface area contributed by atoms with Crippen LogP contribution in [0.3, 0.4) is 0 Å². The molecule has 0 radical (unpaired) electrons. The molecule has 17 heavy (non-hydrogen) atoms. The molecule has 0 saturated heterocycles. The maximum absolute atomic E-state index is 10.6. The second-order valence-electron chi connectivity index (χ2n) is 4.13. The molecule has 2 N–H and O–H groups in total. The number of furan rings is 1. The molecule has 1 unspecified atom stereocenters. The van der Waals surface area contributed by atoms with Crippen molar-refractivity contribution in [1.82, 2.24) is 5.32 Å². The summed E-state index contributed by atoms with van der Waals surface area (Å²) in [4.78, 5) is 10.6. The largest absolute Gasteiger partial charge is 0.481 e. The van der Waals surface area contributed by atoms with Crippen molar-refractivity contribution >= 4 is 16.9 Å². The van der Waals surface area contributed by atoms with E-state index in [1.165, 1.54) is 0 Å². The fourth-order valence-electron chi connectivity index (χ4n) is 1.68. The number of para-hydroxylation sites is 1. The van der Waals surface area contributed by atoms with Gasteiger partial charge in [-0.3, -0.25) is 4.79 Å². The van der Waals surface area contributed by atoms with E-state index in [9.17, 15) is 4.79 Å². The molecule has 90 valence electrons. The van der Waals surface area contributed by atoms with Crippen LogP contribution in [0.25, 0.3) is 11.0 Å². The van der Waals surface area contributed by atoms with Crippen LogP contribution in [0.5, 0.6) is 0 Å². The van der Waals surface area contributed by atoms with Crippen molar-refractivity contribution < 1.29 is 14.3 Å². The van der Waals surface area contributed by atoms with E-state index in [0.717, 1.165) is 16.5 Å². The van der Waals surface area contributed by atoms with Crippen LogP contribution in [0.15, 0.2) is 34.9 Å². The second kappa shape index (κ2) is 5.01. The van der Waals surface area contributed by atoms with Crippen molar-refractivity contribution in [3.63, 3.8) is 0 Å². The fourth-order valence-corrected chi connectivity index (χ4v) is 1.68. The van der Waals surface area contributed by atoms with Crippen LogP contribution in [0.2, 0.25) is 0 Å². The highest BCUT2D eigenvalue weighted by Gasteiger charge is 2.10. The molecule has 0 aliphatic carbocycles. The van der Waals surface area contributed by atoms with Gasteiger partial charge in [-0.1, -0.05) is 25.1 Å².